The molecule has 2 aromatic carbocycles. The van der Waals surface area contributed by atoms with E-state index < -0.39 is 17.6 Å². The molecule has 24 heavy (non-hydrogen) atoms. The second-order valence-electron chi connectivity index (χ2n) is 5.31. The minimum absolute atomic E-state index is 0.0466. The van der Waals surface area contributed by atoms with Gasteiger partial charge in [0.25, 0.3) is 5.91 Å². The van der Waals surface area contributed by atoms with Gasteiger partial charge in [0.1, 0.15) is 0 Å². The molecule has 0 atom stereocenters. The number of rotatable bonds is 4. The summed E-state index contributed by atoms with van der Waals surface area (Å²) >= 11 is 7.42. The third-order valence-electron chi connectivity index (χ3n) is 3.04. The van der Waals surface area contributed by atoms with Crippen molar-refractivity contribution in [1.29, 1.82) is 0 Å². The van der Waals surface area contributed by atoms with Crippen molar-refractivity contribution in [3.8, 4) is 0 Å². The molecule has 0 fully saturated rings. The number of amides is 1. The molecule has 0 saturated carbocycles. The Labute approximate surface area is 147 Å². The van der Waals surface area contributed by atoms with Gasteiger partial charge in [-0.1, -0.05) is 37.6 Å². The average molecular weight is 374 g/mol. The van der Waals surface area contributed by atoms with Crippen LogP contribution in [0.1, 0.15) is 29.8 Å². The van der Waals surface area contributed by atoms with E-state index in [4.69, 9.17) is 11.6 Å². The lowest BCUT2D eigenvalue weighted by molar-refractivity contribution is -0.137. The Morgan fingerprint density at radius 1 is 1.17 bits per heavy atom. The molecule has 0 spiro atoms. The summed E-state index contributed by atoms with van der Waals surface area (Å²) in [4.78, 5) is 13.2. The molecule has 0 radical (unpaired) electrons. The van der Waals surface area contributed by atoms with Crippen LogP contribution in [0.4, 0.5) is 18.9 Å². The number of carbonyl (C=O) groups is 1. The molecular formula is C17H15ClF3NOS. The fourth-order valence-electron chi connectivity index (χ4n) is 2.00. The van der Waals surface area contributed by atoms with Gasteiger partial charge >= 0.3 is 6.18 Å². The Hall–Kier alpha value is -1.66. The Balaban J connectivity index is 2.31. The van der Waals surface area contributed by atoms with Gasteiger partial charge in [0.15, 0.2) is 0 Å². The SMILES string of the molecule is CC(C)Sc1ccccc1C(=O)Nc1cc(C(F)(F)F)ccc1Cl. The van der Waals surface area contributed by atoms with Gasteiger partial charge in [-0.15, -0.1) is 11.8 Å². The Bertz CT molecular complexity index is 747. The van der Waals surface area contributed by atoms with Gasteiger partial charge < -0.3 is 5.32 Å². The molecule has 0 aliphatic rings. The van der Waals surface area contributed by atoms with Gasteiger partial charge in [-0.2, -0.15) is 13.2 Å². The molecule has 0 aromatic heterocycles. The maximum Gasteiger partial charge on any atom is 0.416 e. The lowest BCUT2D eigenvalue weighted by Crippen LogP contribution is -2.14. The second-order valence-corrected chi connectivity index (χ2v) is 7.33. The Kier molecular flexibility index (Phi) is 5.83. The minimum atomic E-state index is -4.50. The quantitative estimate of drug-likeness (QED) is 0.655. The number of hydrogen-bond donors (Lipinski definition) is 1. The predicted octanol–water partition coefficient (Wildman–Crippen LogP) is 6.11. The number of halogens is 4. The van der Waals surface area contributed by atoms with Crippen molar-refractivity contribution in [2.45, 2.75) is 30.2 Å². The average Bonchev–Trinajstić information content (AvgIpc) is 2.48. The zero-order valence-corrected chi connectivity index (χ0v) is 14.5. The molecule has 1 N–H and O–H groups in total. The topological polar surface area (TPSA) is 29.1 Å². The Morgan fingerprint density at radius 2 is 1.83 bits per heavy atom. The third kappa shape index (κ3) is 4.68. The molecule has 0 aliphatic heterocycles. The number of anilines is 1. The van der Waals surface area contributed by atoms with E-state index in [0.717, 1.165) is 23.1 Å². The molecule has 128 valence electrons. The number of thioether (sulfide) groups is 1. The molecule has 0 unspecified atom stereocenters. The molecular weight excluding hydrogens is 359 g/mol. The summed E-state index contributed by atoms with van der Waals surface area (Å²) in [6.07, 6.45) is -4.50. The van der Waals surface area contributed by atoms with Gasteiger partial charge in [-0.05, 0) is 30.3 Å². The standard InChI is InChI=1S/C17H15ClF3NOS/c1-10(2)24-15-6-4-3-5-12(15)16(23)22-14-9-11(17(19,20)21)7-8-13(14)18/h3-10H,1-2H3,(H,22,23). The molecule has 7 heteroatoms. The van der Waals surface area contributed by atoms with Crippen molar-refractivity contribution >= 4 is 35.0 Å². The van der Waals surface area contributed by atoms with Crippen LogP contribution in [0.15, 0.2) is 47.4 Å². The van der Waals surface area contributed by atoms with E-state index in [1.807, 2.05) is 13.8 Å². The summed E-state index contributed by atoms with van der Waals surface area (Å²) in [7, 11) is 0. The lowest BCUT2D eigenvalue weighted by Gasteiger charge is -2.14. The first-order chi connectivity index (χ1) is 11.2. The van der Waals surface area contributed by atoms with Gasteiger partial charge in [0.2, 0.25) is 0 Å². The molecule has 2 nitrogen and oxygen atoms in total. The van der Waals surface area contributed by atoms with E-state index in [0.29, 0.717) is 5.56 Å². The van der Waals surface area contributed by atoms with Crippen molar-refractivity contribution in [1.82, 2.24) is 0 Å². The number of benzene rings is 2. The fraction of sp³-hybridized carbons (Fsp3) is 0.235. The molecule has 0 bridgehead atoms. The van der Waals surface area contributed by atoms with Crippen LogP contribution in [0.5, 0.6) is 0 Å². The van der Waals surface area contributed by atoms with E-state index in [2.05, 4.69) is 5.32 Å². The summed E-state index contributed by atoms with van der Waals surface area (Å²) in [5.74, 6) is -0.500. The minimum Gasteiger partial charge on any atom is -0.321 e. The van der Waals surface area contributed by atoms with Crippen molar-refractivity contribution in [2.75, 3.05) is 5.32 Å². The van der Waals surface area contributed by atoms with Crippen LogP contribution in [0.2, 0.25) is 5.02 Å². The van der Waals surface area contributed by atoms with Crippen molar-refractivity contribution in [3.05, 3.63) is 58.6 Å². The van der Waals surface area contributed by atoms with Gasteiger partial charge in [-0.3, -0.25) is 4.79 Å². The van der Waals surface area contributed by atoms with E-state index in [1.165, 1.54) is 11.8 Å². The molecule has 1 amide bonds. The normalized spacial score (nSPS) is 11.6. The number of hydrogen-bond acceptors (Lipinski definition) is 2. The van der Waals surface area contributed by atoms with Crippen molar-refractivity contribution in [3.63, 3.8) is 0 Å². The highest BCUT2D eigenvalue weighted by atomic mass is 35.5. The van der Waals surface area contributed by atoms with E-state index in [1.54, 1.807) is 24.3 Å². The smallest absolute Gasteiger partial charge is 0.321 e. The fourth-order valence-corrected chi connectivity index (χ4v) is 3.12. The summed E-state index contributed by atoms with van der Waals surface area (Å²) < 4.78 is 38.4. The summed E-state index contributed by atoms with van der Waals surface area (Å²) in [6, 6.07) is 9.76. The van der Waals surface area contributed by atoms with Crippen LogP contribution in [-0.2, 0) is 6.18 Å². The molecule has 0 saturated heterocycles. The van der Waals surface area contributed by atoms with Crippen LogP contribution in [0.25, 0.3) is 0 Å². The third-order valence-corrected chi connectivity index (χ3v) is 4.45. The predicted molar refractivity (Wildman–Crippen MR) is 91.8 cm³/mol. The zero-order chi connectivity index (χ0) is 17.9. The number of alkyl halides is 3. The first-order valence-corrected chi connectivity index (χ1v) is 8.38. The van der Waals surface area contributed by atoms with Crippen LogP contribution in [-0.4, -0.2) is 11.2 Å². The highest BCUT2D eigenvalue weighted by molar-refractivity contribution is 8.00. The monoisotopic (exact) mass is 373 g/mol. The highest BCUT2D eigenvalue weighted by Gasteiger charge is 2.31. The molecule has 2 aromatic rings. The number of carbonyl (C=O) groups excluding carboxylic acids is 1. The first-order valence-electron chi connectivity index (χ1n) is 7.12. The summed E-state index contributed by atoms with van der Waals surface area (Å²) in [5.41, 5.74) is -0.544. The zero-order valence-electron chi connectivity index (χ0n) is 12.9. The van der Waals surface area contributed by atoms with Crippen molar-refractivity contribution in [2.24, 2.45) is 0 Å². The molecule has 0 heterocycles. The van der Waals surface area contributed by atoms with Crippen LogP contribution in [0.3, 0.4) is 0 Å². The molecule has 2 rings (SSSR count). The van der Waals surface area contributed by atoms with Crippen LogP contribution < -0.4 is 5.32 Å². The number of nitrogens with one attached hydrogen (secondary N) is 1. The van der Waals surface area contributed by atoms with Gasteiger partial charge in [-0.25, -0.2) is 0 Å². The summed E-state index contributed by atoms with van der Waals surface area (Å²) in [5, 5.41) is 2.78. The summed E-state index contributed by atoms with van der Waals surface area (Å²) in [6.45, 7) is 3.98. The maximum atomic E-state index is 12.8. The van der Waals surface area contributed by atoms with Crippen LogP contribution >= 0.6 is 23.4 Å². The van der Waals surface area contributed by atoms with Crippen molar-refractivity contribution < 1.29 is 18.0 Å². The molecule has 0 aliphatic carbocycles. The van der Waals surface area contributed by atoms with E-state index in [-0.39, 0.29) is 16.0 Å². The lowest BCUT2D eigenvalue weighted by atomic mass is 10.1. The van der Waals surface area contributed by atoms with Gasteiger partial charge in [0.05, 0.1) is 21.8 Å². The largest absolute Gasteiger partial charge is 0.416 e. The van der Waals surface area contributed by atoms with Crippen LogP contribution in [0, 0.1) is 0 Å². The first kappa shape index (κ1) is 18.7. The van der Waals surface area contributed by atoms with Gasteiger partial charge in [0, 0.05) is 10.1 Å². The Morgan fingerprint density at radius 3 is 2.46 bits per heavy atom. The second kappa shape index (κ2) is 7.49. The van der Waals surface area contributed by atoms with E-state index >= 15 is 0 Å². The highest BCUT2D eigenvalue weighted by Crippen LogP contribution is 2.34. The van der Waals surface area contributed by atoms with E-state index in [9.17, 15) is 18.0 Å². The maximum absolute atomic E-state index is 12.8.